The third-order valence-electron chi connectivity index (χ3n) is 4.42. The van der Waals surface area contributed by atoms with E-state index in [0.29, 0.717) is 10.0 Å². The lowest BCUT2D eigenvalue weighted by Crippen LogP contribution is -2.56. The number of aliphatic hydroxyl groups is 1. The minimum atomic E-state index is -5.08. The van der Waals surface area contributed by atoms with Crippen molar-refractivity contribution >= 4 is 33.2 Å². The van der Waals surface area contributed by atoms with Gasteiger partial charge in [-0.3, -0.25) is 4.79 Å². The summed E-state index contributed by atoms with van der Waals surface area (Å²) in [5.74, 6) is -1.03. The van der Waals surface area contributed by atoms with E-state index in [4.69, 9.17) is 0 Å². The number of hydrazone groups is 1. The van der Waals surface area contributed by atoms with Crippen LogP contribution in [0.25, 0.3) is 0 Å². The molecule has 0 bridgehead atoms. The van der Waals surface area contributed by atoms with E-state index in [1.165, 1.54) is 12.1 Å². The van der Waals surface area contributed by atoms with E-state index in [0.717, 1.165) is 5.69 Å². The van der Waals surface area contributed by atoms with Crippen molar-refractivity contribution in [3.8, 4) is 0 Å². The van der Waals surface area contributed by atoms with Crippen LogP contribution in [0.15, 0.2) is 58.1 Å². The zero-order valence-electron chi connectivity index (χ0n) is 15.0. The highest BCUT2D eigenvalue weighted by Gasteiger charge is 2.63. The smallest absolute Gasteiger partial charge is 0.378 e. The molecule has 0 spiro atoms. The van der Waals surface area contributed by atoms with Crippen LogP contribution in [0.3, 0.4) is 0 Å². The van der Waals surface area contributed by atoms with Crippen LogP contribution in [0.4, 0.5) is 18.9 Å². The fourth-order valence-corrected chi connectivity index (χ4v) is 3.23. The minimum absolute atomic E-state index is 0.00693. The fourth-order valence-electron chi connectivity index (χ4n) is 2.83. The highest BCUT2D eigenvalue weighted by Crippen LogP contribution is 2.42. The summed E-state index contributed by atoms with van der Waals surface area (Å²) in [5, 5.41) is 14.4. The average molecular weight is 456 g/mol. The number of amides is 1. The van der Waals surface area contributed by atoms with Crippen molar-refractivity contribution in [2.45, 2.75) is 18.3 Å². The maximum Gasteiger partial charge on any atom is 0.438 e. The molecule has 0 aromatic heterocycles. The van der Waals surface area contributed by atoms with Crippen LogP contribution in [-0.4, -0.2) is 47.7 Å². The minimum Gasteiger partial charge on any atom is -0.378 e. The maximum atomic E-state index is 13.7. The second-order valence-electron chi connectivity index (χ2n) is 6.61. The van der Waals surface area contributed by atoms with E-state index in [-0.39, 0.29) is 16.3 Å². The van der Waals surface area contributed by atoms with Crippen molar-refractivity contribution in [1.29, 1.82) is 0 Å². The predicted molar refractivity (Wildman–Crippen MR) is 103 cm³/mol. The number of carbonyl (C=O) groups excluding carboxylic acids is 1. The Morgan fingerprint density at radius 3 is 2.39 bits per heavy atom. The number of hydrogen-bond acceptors (Lipinski definition) is 4. The number of benzene rings is 2. The molecule has 2 aromatic carbocycles. The Hall–Kier alpha value is -2.39. The molecule has 0 saturated heterocycles. The molecule has 148 valence electrons. The molecule has 0 fully saturated rings. The van der Waals surface area contributed by atoms with Gasteiger partial charge in [0.1, 0.15) is 0 Å². The predicted octanol–water partition coefficient (Wildman–Crippen LogP) is 4.02. The van der Waals surface area contributed by atoms with Gasteiger partial charge in [-0.05, 0) is 42.0 Å². The van der Waals surface area contributed by atoms with Crippen LogP contribution in [0.5, 0.6) is 0 Å². The van der Waals surface area contributed by atoms with Crippen LogP contribution < -0.4 is 4.90 Å². The summed E-state index contributed by atoms with van der Waals surface area (Å²) in [6.07, 6.45) is -5.93. The Morgan fingerprint density at radius 2 is 1.86 bits per heavy atom. The van der Waals surface area contributed by atoms with Gasteiger partial charge in [0.25, 0.3) is 11.6 Å². The molecule has 1 N–H and O–H groups in total. The monoisotopic (exact) mass is 455 g/mol. The Bertz CT molecular complexity index is 929. The van der Waals surface area contributed by atoms with Crippen LogP contribution in [0.1, 0.15) is 22.3 Å². The first-order chi connectivity index (χ1) is 13.0. The number of alkyl halides is 3. The molecule has 0 radical (unpaired) electrons. The summed E-state index contributed by atoms with van der Waals surface area (Å²) < 4.78 is 41.7. The molecule has 0 saturated carbocycles. The van der Waals surface area contributed by atoms with Gasteiger partial charge in [0, 0.05) is 29.8 Å². The van der Waals surface area contributed by atoms with Gasteiger partial charge in [0.2, 0.25) is 0 Å². The Morgan fingerprint density at radius 1 is 1.21 bits per heavy atom. The van der Waals surface area contributed by atoms with Crippen molar-refractivity contribution in [2.75, 3.05) is 19.0 Å². The Kier molecular flexibility index (Phi) is 5.24. The SMILES string of the molecule is CN(C)c1ccc(C(=O)N2N=C(c3cccc(Br)c3)CC2(O)C(F)(F)F)cc1. The molecular weight excluding hydrogens is 439 g/mol. The molecule has 3 rings (SSSR count). The van der Waals surface area contributed by atoms with Crippen molar-refractivity contribution in [3.63, 3.8) is 0 Å². The summed E-state index contributed by atoms with van der Waals surface area (Å²) in [6, 6.07) is 12.5. The van der Waals surface area contributed by atoms with E-state index >= 15 is 0 Å². The largest absolute Gasteiger partial charge is 0.438 e. The summed E-state index contributed by atoms with van der Waals surface area (Å²) in [6.45, 7) is 0. The average Bonchev–Trinajstić information content (AvgIpc) is 3.00. The van der Waals surface area contributed by atoms with Gasteiger partial charge in [0.05, 0.1) is 12.1 Å². The summed E-state index contributed by atoms with van der Waals surface area (Å²) in [7, 11) is 3.60. The number of rotatable bonds is 3. The second kappa shape index (κ2) is 7.21. The van der Waals surface area contributed by atoms with E-state index in [1.807, 2.05) is 0 Å². The van der Waals surface area contributed by atoms with Gasteiger partial charge in [-0.1, -0.05) is 28.1 Å². The Balaban J connectivity index is 2.02. The summed E-state index contributed by atoms with van der Waals surface area (Å²) in [4.78, 5) is 14.6. The number of hydrogen-bond donors (Lipinski definition) is 1. The van der Waals surface area contributed by atoms with Crippen LogP contribution >= 0.6 is 15.9 Å². The zero-order chi connectivity index (χ0) is 20.7. The molecule has 0 aliphatic carbocycles. The van der Waals surface area contributed by atoms with Gasteiger partial charge in [-0.2, -0.15) is 23.3 Å². The molecule has 9 heteroatoms. The van der Waals surface area contributed by atoms with E-state index in [2.05, 4.69) is 21.0 Å². The number of nitrogens with zero attached hydrogens (tertiary/aromatic N) is 3. The lowest BCUT2D eigenvalue weighted by Gasteiger charge is -2.32. The molecule has 28 heavy (non-hydrogen) atoms. The van der Waals surface area contributed by atoms with Crippen molar-refractivity contribution < 1.29 is 23.1 Å². The highest BCUT2D eigenvalue weighted by atomic mass is 79.9. The van der Waals surface area contributed by atoms with Gasteiger partial charge >= 0.3 is 6.18 Å². The van der Waals surface area contributed by atoms with Gasteiger partial charge in [-0.25, -0.2) is 0 Å². The first-order valence-corrected chi connectivity index (χ1v) is 9.07. The van der Waals surface area contributed by atoms with Crippen LogP contribution in [0, 0.1) is 0 Å². The van der Waals surface area contributed by atoms with Crippen LogP contribution in [-0.2, 0) is 0 Å². The van der Waals surface area contributed by atoms with Gasteiger partial charge in [-0.15, -0.1) is 0 Å². The van der Waals surface area contributed by atoms with Gasteiger partial charge in [0.15, 0.2) is 0 Å². The molecule has 1 aliphatic heterocycles. The summed E-state index contributed by atoms with van der Waals surface area (Å²) in [5.41, 5.74) is -2.29. The molecule has 1 unspecified atom stereocenters. The second-order valence-corrected chi connectivity index (χ2v) is 7.52. The normalized spacial score (nSPS) is 19.5. The number of carbonyl (C=O) groups is 1. The lowest BCUT2D eigenvalue weighted by molar-refractivity contribution is -0.297. The van der Waals surface area contributed by atoms with E-state index < -0.39 is 24.2 Å². The molecule has 5 nitrogen and oxygen atoms in total. The zero-order valence-corrected chi connectivity index (χ0v) is 16.6. The van der Waals surface area contributed by atoms with Crippen molar-refractivity contribution in [3.05, 3.63) is 64.1 Å². The number of halogens is 4. The van der Waals surface area contributed by atoms with Crippen molar-refractivity contribution in [2.24, 2.45) is 5.10 Å². The molecule has 1 heterocycles. The van der Waals surface area contributed by atoms with E-state index in [1.54, 1.807) is 55.4 Å². The third-order valence-corrected chi connectivity index (χ3v) is 4.91. The highest BCUT2D eigenvalue weighted by molar-refractivity contribution is 9.10. The number of anilines is 1. The first kappa shape index (κ1) is 20.3. The van der Waals surface area contributed by atoms with Gasteiger partial charge < -0.3 is 10.0 Å². The quantitative estimate of drug-likeness (QED) is 0.760. The summed E-state index contributed by atoms with van der Waals surface area (Å²) >= 11 is 3.25. The third kappa shape index (κ3) is 3.64. The molecule has 2 aromatic rings. The first-order valence-electron chi connectivity index (χ1n) is 8.27. The topological polar surface area (TPSA) is 56.1 Å². The van der Waals surface area contributed by atoms with Crippen molar-refractivity contribution in [1.82, 2.24) is 5.01 Å². The molecule has 1 atom stereocenters. The van der Waals surface area contributed by atoms with Crippen LogP contribution in [0.2, 0.25) is 0 Å². The Labute approximate surface area is 168 Å². The lowest BCUT2D eigenvalue weighted by atomic mass is 10.0. The van der Waals surface area contributed by atoms with E-state index in [9.17, 15) is 23.1 Å². The molecule has 1 amide bonds. The maximum absolute atomic E-state index is 13.7. The molecular formula is C19H17BrF3N3O2. The molecule has 1 aliphatic rings. The standard InChI is InChI=1S/C19H17BrF3N3O2/c1-25(2)15-8-6-12(7-9-15)17(27)26-18(28,19(21,22)23)11-16(24-26)13-4-3-5-14(20)10-13/h3-10,28H,11H2,1-2H3. The fraction of sp³-hybridized carbons (Fsp3) is 0.263.